The van der Waals surface area contributed by atoms with Gasteiger partial charge in [-0.15, -0.1) is 0 Å². The second-order valence-electron chi connectivity index (χ2n) is 4.74. The van der Waals surface area contributed by atoms with Crippen LogP contribution in [0.15, 0.2) is 16.9 Å². The van der Waals surface area contributed by atoms with Crippen molar-refractivity contribution in [1.82, 2.24) is 9.55 Å². The number of benzene rings is 1. The molecule has 2 aromatic rings. The molecule has 0 amide bonds. The Balaban J connectivity index is 2.15. The molecule has 4 unspecified atom stereocenters. The molecule has 1 aliphatic rings. The number of aliphatic hydroxyl groups is 3. The third-order valence-corrected chi connectivity index (χ3v) is 4.51. The Kier molecular flexibility index (Phi) is 4.17. The minimum Gasteiger partial charge on any atom is -0.394 e. The highest BCUT2D eigenvalue weighted by Crippen LogP contribution is 2.37. The highest BCUT2D eigenvalue weighted by Gasteiger charge is 2.44. The monoisotopic (exact) mass is 396 g/mol. The summed E-state index contributed by atoms with van der Waals surface area (Å²) in [6, 6.07) is 3.20. The quantitative estimate of drug-likeness (QED) is 0.718. The van der Waals surface area contributed by atoms with E-state index in [0.29, 0.717) is 25.8 Å². The van der Waals surface area contributed by atoms with Crippen LogP contribution in [0.25, 0.3) is 11.0 Å². The SMILES string of the molecule is OCC1OC(n2c(Br)nc3c(Cl)cc(Cl)cc32)C(O)C1O. The Morgan fingerprint density at radius 3 is 2.62 bits per heavy atom. The Labute approximate surface area is 138 Å². The zero-order chi connectivity index (χ0) is 15.3. The molecule has 0 spiro atoms. The molecule has 9 heteroatoms. The van der Waals surface area contributed by atoms with E-state index >= 15 is 0 Å². The number of aromatic nitrogens is 2. The largest absolute Gasteiger partial charge is 0.394 e. The molecular weight excluding hydrogens is 387 g/mol. The normalized spacial score (nSPS) is 29.4. The van der Waals surface area contributed by atoms with Crippen LogP contribution in [0.1, 0.15) is 6.23 Å². The summed E-state index contributed by atoms with van der Waals surface area (Å²) in [6.45, 7) is -0.402. The molecule has 0 radical (unpaired) electrons. The summed E-state index contributed by atoms with van der Waals surface area (Å²) in [4.78, 5) is 4.26. The number of hydrogen-bond acceptors (Lipinski definition) is 5. The van der Waals surface area contributed by atoms with E-state index in [9.17, 15) is 10.2 Å². The van der Waals surface area contributed by atoms with Gasteiger partial charge < -0.3 is 20.1 Å². The van der Waals surface area contributed by atoms with Crippen LogP contribution in [-0.4, -0.2) is 49.8 Å². The van der Waals surface area contributed by atoms with Crippen LogP contribution in [0.5, 0.6) is 0 Å². The highest BCUT2D eigenvalue weighted by atomic mass is 79.9. The van der Waals surface area contributed by atoms with E-state index in [1.807, 2.05) is 0 Å². The average molecular weight is 398 g/mol. The average Bonchev–Trinajstić information content (AvgIpc) is 2.89. The van der Waals surface area contributed by atoms with Gasteiger partial charge in [0.1, 0.15) is 23.8 Å². The first-order valence-corrected chi connectivity index (χ1v) is 7.64. The predicted molar refractivity (Wildman–Crippen MR) is 80.5 cm³/mol. The van der Waals surface area contributed by atoms with Crippen molar-refractivity contribution in [2.45, 2.75) is 24.5 Å². The van der Waals surface area contributed by atoms with Gasteiger partial charge >= 0.3 is 0 Å². The van der Waals surface area contributed by atoms with Crippen molar-refractivity contribution in [2.75, 3.05) is 6.61 Å². The minimum absolute atomic E-state index is 0.365. The molecule has 1 fully saturated rings. The first-order chi connectivity index (χ1) is 9.93. The van der Waals surface area contributed by atoms with Gasteiger partial charge in [0.15, 0.2) is 11.0 Å². The maximum Gasteiger partial charge on any atom is 0.180 e. The lowest BCUT2D eigenvalue weighted by molar-refractivity contribution is -0.0518. The first-order valence-electron chi connectivity index (χ1n) is 6.09. The topological polar surface area (TPSA) is 87.7 Å². The van der Waals surface area contributed by atoms with Gasteiger partial charge in [-0.1, -0.05) is 23.2 Å². The van der Waals surface area contributed by atoms with Crippen molar-refractivity contribution in [1.29, 1.82) is 0 Å². The molecule has 1 aromatic carbocycles. The second-order valence-corrected chi connectivity index (χ2v) is 6.29. The molecule has 114 valence electrons. The summed E-state index contributed by atoms with van der Waals surface area (Å²) in [6.07, 6.45) is -4.19. The third-order valence-electron chi connectivity index (χ3n) is 3.44. The van der Waals surface area contributed by atoms with Crippen molar-refractivity contribution in [3.63, 3.8) is 0 Å². The fourth-order valence-electron chi connectivity index (χ4n) is 2.43. The zero-order valence-electron chi connectivity index (χ0n) is 10.4. The Bertz CT molecular complexity index is 695. The van der Waals surface area contributed by atoms with E-state index in [1.165, 1.54) is 4.57 Å². The molecule has 0 saturated carbocycles. The second kappa shape index (κ2) is 5.66. The number of fused-ring (bicyclic) bond motifs is 1. The van der Waals surface area contributed by atoms with Gasteiger partial charge in [-0.25, -0.2) is 4.98 Å². The standard InChI is InChI=1S/C12H11BrCl2N2O4/c13-12-16-8-5(15)1-4(14)2-6(8)17(12)11-10(20)9(19)7(3-18)21-11/h1-2,7,9-11,18-20H,3H2. The summed E-state index contributed by atoms with van der Waals surface area (Å²) in [5, 5.41) is 29.9. The van der Waals surface area contributed by atoms with Gasteiger partial charge in [0.2, 0.25) is 0 Å². The molecule has 21 heavy (non-hydrogen) atoms. The van der Waals surface area contributed by atoms with Crippen molar-refractivity contribution in [2.24, 2.45) is 0 Å². The lowest BCUT2D eigenvalue weighted by Gasteiger charge is -2.18. The van der Waals surface area contributed by atoms with Gasteiger partial charge in [-0.3, -0.25) is 4.57 Å². The van der Waals surface area contributed by atoms with E-state index in [4.69, 9.17) is 33.0 Å². The Morgan fingerprint density at radius 1 is 1.29 bits per heavy atom. The number of imidazole rings is 1. The molecule has 1 aromatic heterocycles. The van der Waals surface area contributed by atoms with Crippen LogP contribution >= 0.6 is 39.1 Å². The van der Waals surface area contributed by atoms with E-state index in [0.717, 1.165) is 0 Å². The predicted octanol–water partition coefficient (Wildman–Crippen LogP) is 1.72. The maximum absolute atomic E-state index is 10.1. The smallest absolute Gasteiger partial charge is 0.180 e. The summed E-state index contributed by atoms with van der Waals surface area (Å²) < 4.78 is 7.42. The zero-order valence-corrected chi connectivity index (χ0v) is 13.5. The molecular formula is C12H11BrCl2N2O4. The van der Waals surface area contributed by atoms with Crippen LogP contribution in [0.4, 0.5) is 0 Å². The third kappa shape index (κ3) is 2.46. The van der Waals surface area contributed by atoms with Crippen LogP contribution in [-0.2, 0) is 4.74 Å². The molecule has 4 atom stereocenters. The molecule has 3 N–H and O–H groups in total. The molecule has 3 rings (SSSR count). The number of rotatable bonds is 2. The first kappa shape index (κ1) is 15.5. The number of nitrogens with zero attached hydrogens (tertiary/aromatic N) is 2. The lowest BCUT2D eigenvalue weighted by Crippen LogP contribution is -2.33. The van der Waals surface area contributed by atoms with E-state index in [-0.39, 0.29) is 0 Å². The van der Waals surface area contributed by atoms with Crippen LogP contribution in [0.3, 0.4) is 0 Å². The van der Waals surface area contributed by atoms with Crippen LogP contribution < -0.4 is 0 Å². The van der Waals surface area contributed by atoms with Gasteiger partial charge in [0, 0.05) is 5.02 Å². The van der Waals surface area contributed by atoms with Crippen molar-refractivity contribution < 1.29 is 20.1 Å². The Morgan fingerprint density at radius 2 is 2.00 bits per heavy atom. The van der Waals surface area contributed by atoms with Gasteiger partial charge in [0.05, 0.1) is 17.1 Å². The summed E-state index contributed by atoms with van der Waals surface area (Å²) in [7, 11) is 0. The number of halogens is 3. The molecule has 6 nitrogen and oxygen atoms in total. The Hall–Kier alpha value is -0.410. The fraction of sp³-hybridized carbons (Fsp3) is 0.417. The van der Waals surface area contributed by atoms with Gasteiger partial charge in [-0.2, -0.15) is 0 Å². The van der Waals surface area contributed by atoms with E-state index in [1.54, 1.807) is 12.1 Å². The molecule has 0 bridgehead atoms. The maximum atomic E-state index is 10.1. The molecule has 0 aliphatic carbocycles. The number of ether oxygens (including phenoxy) is 1. The number of aliphatic hydroxyl groups excluding tert-OH is 3. The summed E-state index contributed by atoms with van der Waals surface area (Å²) in [5.41, 5.74) is 1.04. The van der Waals surface area contributed by atoms with Crippen molar-refractivity contribution in [3.8, 4) is 0 Å². The fourth-order valence-corrected chi connectivity index (χ4v) is 3.52. The molecule has 1 aliphatic heterocycles. The lowest BCUT2D eigenvalue weighted by atomic mass is 10.1. The number of hydrogen-bond donors (Lipinski definition) is 3. The minimum atomic E-state index is -1.21. The summed E-state index contributed by atoms with van der Waals surface area (Å²) >= 11 is 15.4. The highest BCUT2D eigenvalue weighted by molar-refractivity contribution is 9.10. The van der Waals surface area contributed by atoms with E-state index in [2.05, 4.69) is 20.9 Å². The summed E-state index contributed by atoms with van der Waals surface area (Å²) in [5.74, 6) is 0. The van der Waals surface area contributed by atoms with Crippen molar-refractivity contribution in [3.05, 3.63) is 26.9 Å². The van der Waals surface area contributed by atoms with Crippen LogP contribution in [0, 0.1) is 0 Å². The van der Waals surface area contributed by atoms with Crippen LogP contribution in [0.2, 0.25) is 10.0 Å². The van der Waals surface area contributed by atoms with E-state index < -0.39 is 31.1 Å². The van der Waals surface area contributed by atoms with Gasteiger partial charge in [0.25, 0.3) is 0 Å². The van der Waals surface area contributed by atoms with Crippen molar-refractivity contribution >= 4 is 50.2 Å². The van der Waals surface area contributed by atoms with Gasteiger partial charge in [-0.05, 0) is 28.1 Å². The molecule has 1 saturated heterocycles. The molecule has 2 heterocycles.